The normalized spacial score (nSPS) is 14.1. The summed E-state index contributed by atoms with van der Waals surface area (Å²) in [6.45, 7) is 4.18. The largest absolute Gasteiger partial charge is 0.478 e. The summed E-state index contributed by atoms with van der Waals surface area (Å²) in [6.07, 6.45) is 2.08. The molecule has 0 unspecified atom stereocenters. The molecule has 0 aliphatic carbocycles. The first kappa shape index (κ1) is 22.8. The molecule has 0 saturated carbocycles. The molecule has 8 nitrogen and oxygen atoms in total. The summed E-state index contributed by atoms with van der Waals surface area (Å²) in [5, 5.41) is 20.2. The zero-order valence-electron chi connectivity index (χ0n) is 16.6. The molecule has 0 atom stereocenters. The lowest BCUT2D eigenvalue weighted by Gasteiger charge is -2.31. The van der Waals surface area contributed by atoms with Crippen LogP contribution in [0.15, 0.2) is 72.0 Å². The second-order valence-electron chi connectivity index (χ2n) is 6.75. The van der Waals surface area contributed by atoms with E-state index >= 15 is 0 Å². The molecule has 0 aromatic heterocycles. The highest BCUT2D eigenvalue weighted by atomic mass is 16.4. The number of hydrogen-bond acceptors (Lipinski definition) is 5. The Labute approximate surface area is 175 Å². The summed E-state index contributed by atoms with van der Waals surface area (Å²) in [5.41, 5.74) is 4.09. The number of aliphatic carboxylic acids is 2. The molecule has 1 saturated heterocycles. The fourth-order valence-corrected chi connectivity index (χ4v) is 3.06. The lowest BCUT2D eigenvalue weighted by molar-refractivity contribution is -0.134. The number of rotatable bonds is 7. The Balaban J connectivity index is 0.000000343. The summed E-state index contributed by atoms with van der Waals surface area (Å²) in [5.74, 6) is -2.51. The average Bonchev–Trinajstić information content (AvgIpc) is 2.75. The summed E-state index contributed by atoms with van der Waals surface area (Å²) in [6, 6.07) is 19.2. The topological polar surface area (TPSA) is 111 Å². The van der Waals surface area contributed by atoms with Crippen molar-refractivity contribution >= 4 is 11.9 Å². The zero-order chi connectivity index (χ0) is 21.8. The van der Waals surface area contributed by atoms with Gasteiger partial charge in [-0.1, -0.05) is 54.6 Å². The number of benzene rings is 2. The fourth-order valence-electron chi connectivity index (χ4n) is 3.06. The van der Waals surface area contributed by atoms with Crippen LogP contribution in [0.5, 0.6) is 0 Å². The lowest BCUT2D eigenvalue weighted by Crippen LogP contribution is -2.43. The summed E-state index contributed by atoms with van der Waals surface area (Å²) in [7, 11) is 0. The Bertz CT molecular complexity index is 846. The second-order valence-corrected chi connectivity index (χ2v) is 6.75. The number of hydrogen-bond donors (Lipinski definition) is 2. The van der Waals surface area contributed by atoms with Crippen LogP contribution >= 0.6 is 0 Å². The third kappa shape index (κ3) is 8.24. The van der Waals surface area contributed by atoms with Gasteiger partial charge >= 0.3 is 11.9 Å². The van der Waals surface area contributed by atoms with Crippen molar-refractivity contribution < 1.29 is 19.8 Å². The van der Waals surface area contributed by atoms with E-state index in [1.807, 2.05) is 0 Å². The van der Waals surface area contributed by atoms with Gasteiger partial charge in [0.25, 0.3) is 0 Å². The van der Waals surface area contributed by atoms with E-state index in [1.54, 1.807) is 5.01 Å². The minimum absolute atomic E-state index is 0.558. The second kappa shape index (κ2) is 12.1. The standard InChI is InChI=1S/C18H21N3O.C4H4O4/c22-19-21-12-10-20(11-13-21)15-18-9-5-4-8-17(18)14-16-6-2-1-3-7-16;5-3(6)1-2-4(7)8/h1-9H,10-15H2;1-2H,(H,5,6)(H,7,8)/b;2-1+. The number of carboxylic acid groups (broad SMARTS) is 2. The minimum Gasteiger partial charge on any atom is -0.478 e. The Morgan fingerprint density at radius 2 is 1.37 bits per heavy atom. The highest BCUT2D eigenvalue weighted by Crippen LogP contribution is 2.17. The van der Waals surface area contributed by atoms with Crippen molar-refractivity contribution in [2.24, 2.45) is 5.29 Å². The van der Waals surface area contributed by atoms with Crippen LogP contribution in [-0.2, 0) is 22.6 Å². The fraction of sp³-hybridized carbons (Fsp3) is 0.273. The molecule has 0 amide bonds. The van der Waals surface area contributed by atoms with E-state index in [2.05, 4.69) is 64.8 Å². The molecule has 2 N–H and O–H groups in total. The maximum Gasteiger partial charge on any atom is 0.328 e. The lowest BCUT2D eigenvalue weighted by atomic mass is 9.99. The third-order valence-corrected chi connectivity index (χ3v) is 4.58. The third-order valence-electron chi connectivity index (χ3n) is 4.58. The monoisotopic (exact) mass is 411 g/mol. The molecule has 2 aromatic carbocycles. The van der Waals surface area contributed by atoms with Gasteiger partial charge < -0.3 is 10.2 Å². The predicted molar refractivity (Wildman–Crippen MR) is 113 cm³/mol. The van der Waals surface area contributed by atoms with E-state index < -0.39 is 11.9 Å². The highest BCUT2D eigenvalue weighted by Gasteiger charge is 2.17. The Morgan fingerprint density at radius 3 is 1.90 bits per heavy atom. The quantitative estimate of drug-likeness (QED) is 0.532. The van der Waals surface area contributed by atoms with Crippen LogP contribution in [0.25, 0.3) is 0 Å². The van der Waals surface area contributed by atoms with Gasteiger partial charge in [0.2, 0.25) is 0 Å². The molecular weight excluding hydrogens is 386 g/mol. The molecule has 0 radical (unpaired) electrons. The van der Waals surface area contributed by atoms with Crippen LogP contribution in [0, 0.1) is 4.91 Å². The predicted octanol–water partition coefficient (Wildman–Crippen LogP) is 2.79. The Hall–Kier alpha value is -3.52. The van der Waals surface area contributed by atoms with Gasteiger partial charge in [-0.15, -0.1) is 4.91 Å². The summed E-state index contributed by atoms with van der Waals surface area (Å²) >= 11 is 0. The van der Waals surface area contributed by atoms with Gasteiger partial charge in [-0.25, -0.2) is 9.59 Å². The highest BCUT2D eigenvalue weighted by molar-refractivity contribution is 5.89. The first-order valence-electron chi connectivity index (χ1n) is 9.53. The molecule has 158 valence electrons. The molecule has 0 bridgehead atoms. The van der Waals surface area contributed by atoms with Gasteiger partial charge in [0.05, 0.1) is 18.4 Å². The van der Waals surface area contributed by atoms with E-state index in [1.165, 1.54) is 16.7 Å². The van der Waals surface area contributed by atoms with E-state index in [0.717, 1.165) is 39.1 Å². The first-order valence-corrected chi connectivity index (χ1v) is 9.53. The van der Waals surface area contributed by atoms with Crippen molar-refractivity contribution in [1.82, 2.24) is 9.91 Å². The number of carbonyl (C=O) groups is 2. The molecular formula is C22H25N3O5. The van der Waals surface area contributed by atoms with Gasteiger partial charge in [-0.2, -0.15) is 0 Å². The number of piperazine rings is 1. The Morgan fingerprint density at radius 1 is 0.833 bits per heavy atom. The molecule has 1 fully saturated rings. The zero-order valence-corrected chi connectivity index (χ0v) is 16.6. The van der Waals surface area contributed by atoms with Crippen LogP contribution in [0.3, 0.4) is 0 Å². The van der Waals surface area contributed by atoms with Crippen molar-refractivity contribution in [3.05, 3.63) is 88.3 Å². The van der Waals surface area contributed by atoms with E-state index in [4.69, 9.17) is 10.2 Å². The van der Waals surface area contributed by atoms with Crippen molar-refractivity contribution in [3.63, 3.8) is 0 Å². The van der Waals surface area contributed by atoms with Gasteiger partial charge in [-0.3, -0.25) is 9.91 Å². The van der Waals surface area contributed by atoms with Crippen molar-refractivity contribution in [3.8, 4) is 0 Å². The Kier molecular flexibility index (Phi) is 9.20. The number of carboxylic acids is 2. The first-order chi connectivity index (χ1) is 14.5. The summed E-state index contributed by atoms with van der Waals surface area (Å²) < 4.78 is 0. The molecule has 8 heteroatoms. The maximum atomic E-state index is 10.5. The number of nitrogens with zero attached hydrogens (tertiary/aromatic N) is 3. The minimum atomic E-state index is -1.26. The van der Waals surface area contributed by atoms with Crippen molar-refractivity contribution in [2.45, 2.75) is 13.0 Å². The SMILES string of the molecule is O=C(O)/C=C/C(=O)O.O=NN1CCN(Cc2ccccc2Cc2ccccc2)CC1. The van der Waals surface area contributed by atoms with Crippen LogP contribution in [0.2, 0.25) is 0 Å². The summed E-state index contributed by atoms with van der Waals surface area (Å²) in [4.78, 5) is 32.0. The molecule has 1 heterocycles. The number of nitroso groups, excluding NO2 is 1. The van der Waals surface area contributed by atoms with Gasteiger partial charge in [0.1, 0.15) is 0 Å². The molecule has 2 aromatic rings. The smallest absolute Gasteiger partial charge is 0.328 e. The maximum absolute atomic E-state index is 10.5. The van der Waals surface area contributed by atoms with Crippen LogP contribution in [0.1, 0.15) is 16.7 Å². The van der Waals surface area contributed by atoms with Crippen LogP contribution < -0.4 is 0 Å². The van der Waals surface area contributed by atoms with Crippen molar-refractivity contribution in [2.75, 3.05) is 26.2 Å². The average molecular weight is 411 g/mol. The molecule has 0 spiro atoms. The van der Waals surface area contributed by atoms with Gasteiger partial charge in [-0.05, 0) is 23.1 Å². The van der Waals surface area contributed by atoms with E-state index in [0.29, 0.717) is 12.2 Å². The molecule has 1 aliphatic rings. The van der Waals surface area contributed by atoms with Gasteiger partial charge in [0, 0.05) is 31.8 Å². The van der Waals surface area contributed by atoms with Crippen LogP contribution in [-0.4, -0.2) is 58.2 Å². The van der Waals surface area contributed by atoms with E-state index in [9.17, 15) is 14.5 Å². The van der Waals surface area contributed by atoms with E-state index in [-0.39, 0.29) is 0 Å². The molecule has 1 aliphatic heterocycles. The van der Waals surface area contributed by atoms with Crippen molar-refractivity contribution in [1.29, 1.82) is 0 Å². The van der Waals surface area contributed by atoms with Gasteiger partial charge in [0.15, 0.2) is 0 Å². The van der Waals surface area contributed by atoms with Crippen LogP contribution in [0.4, 0.5) is 0 Å². The molecule has 30 heavy (non-hydrogen) atoms. The molecule has 3 rings (SSSR count).